The minimum atomic E-state index is 1.23. The van der Waals surface area contributed by atoms with E-state index in [-0.39, 0.29) is 0 Å². The van der Waals surface area contributed by atoms with Gasteiger partial charge in [-0.3, -0.25) is 0 Å². The van der Waals surface area contributed by atoms with Crippen LogP contribution in [0.25, 0.3) is 19.5 Å². The van der Waals surface area contributed by atoms with Crippen LogP contribution in [0.1, 0.15) is 115 Å². The zero-order valence-electron chi connectivity index (χ0n) is 21.2. The maximum Gasteiger partial charge on any atom is 0.0481 e. The first kappa shape index (κ1) is 26.7. The Morgan fingerprint density at radius 2 is 1.21 bits per heavy atom. The predicted molar refractivity (Wildman–Crippen MR) is 154 cm³/mol. The van der Waals surface area contributed by atoms with E-state index < -0.39 is 0 Å². The summed E-state index contributed by atoms with van der Waals surface area (Å²) in [7, 11) is 0. The van der Waals surface area contributed by atoms with Crippen LogP contribution in [0.5, 0.6) is 0 Å². The van der Waals surface area contributed by atoms with E-state index in [1.807, 2.05) is 22.7 Å². The molecule has 33 heavy (non-hydrogen) atoms. The van der Waals surface area contributed by atoms with Crippen LogP contribution in [-0.2, 0) is 19.3 Å². The van der Waals surface area contributed by atoms with Crippen molar-refractivity contribution in [3.05, 3.63) is 45.6 Å². The Labute approximate surface area is 215 Å². The van der Waals surface area contributed by atoms with Crippen LogP contribution < -0.4 is 0 Å². The Morgan fingerprint density at radius 1 is 0.576 bits per heavy atom. The van der Waals surface area contributed by atoms with Gasteiger partial charge in [0.15, 0.2) is 0 Å². The SMILES string of the molecule is CCCCCCc1csc(-c2sc(-c3sccc3CCCCCC)cc2CCCCCC)c1. The summed E-state index contributed by atoms with van der Waals surface area (Å²) in [4.78, 5) is 6.10. The molecule has 0 fully saturated rings. The van der Waals surface area contributed by atoms with E-state index in [0.29, 0.717) is 0 Å². The van der Waals surface area contributed by atoms with Crippen molar-refractivity contribution in [1.29, 1.82) is 0 Å². The summed E-state index contributed by atoms with van der Waals surface area (Å²) in [6.07, 6.45) is 19.8. The predicted octanol–water partition coefficient (Wildman–Crippen LogP) is 11.6. The molecule has 0 aromatic carbocycles. The van der Waals surface area contributed by atoms with E-state index in [0.717, 1.165) is 0 Å². The molecule has 0 amide bonds. The van der Waals surface area contributed by atoms with E-state index in [2.05, 4.69) is 61.1 Å². The number of unbranched alkanes of at least 4 members (excludes halogenated alkanes) is 9. The molecule has 0 aliphatic heterocycles. The average molecular weight is 501 g/mol. The minimum Gasteiger partial charge on any atom is -0.143 e. The van der Waals surface area contributed by atoms with Gasteiger partial charge < -0.3 is 0 Å². The molecular formula is C30H44S3. The standard InChI is InChI=1S/C30H44S3/c1-4-7-10-13-16-24-21-27(32-23-24)30-26(18-15-12-9-6-3)22-28(33-30)29-25(19-20-31-29)17-14-11-8-5-2/h19-23H,4-18H2,1-3H3. The summed E-state index contributed by atoms with van der Waals surface area (Å²) in [6.45, 7) is 6.90. The average Bonchev–Trinajstić information content (AvgIpc) is 3.57. The first-order chi connectivity index (χ1) is 16.3. The van der Waals surface area contributed by atoms with Gasteiger partial charge in [-0.05, 0) is 84.2 Å². The van der Waals surface area contributed by atoms with Crippen LogP contribution in [0.3, 0.4) is 0 Å². The summed E-state index contributed by atoms with van der Waals surface area (Å²) in [5.74, 6) is 0. The Kier molecular flexibility index (Phi) is 12.3. The molecule has 0 saturated carbocycles. The Bertz CT molecular complexity index is 911. The molecule has 0 aliphatic carbocycles. The monoisotopic (exact) mass is 500 g/mol. The highest BCUT2D eigenvalue weighted by Crippen LogP contribution is 2.44. The van der Waals surface area contributed by atoms with E-state index >= 15 is 0 Å². The van der Waals surface area contributed by atoms with Crippen LogP contribution in [-0.4, -0.2) is 0 Å². The maximum absolute atomic E-state index is 2.55. The third-order valence-electron chi connectivity index (χ3n) is 6.58. The second-order valence-corrected chi connectivity index (χ2v) is 12.4. The first-order valence-electron chi connectivity index (χ1n) is 13.5. The summed E-state index contributed by atoms with van der Waals surface area (Å²) in [5, 5.41) is 4.73. The Morgan fingerprint density at radius 3 is 1.88 bits per heavy atom. The van der Waals surface area contributed by atoms with Gasteiger partial charge in [0.05, 0.1) is 0 Å². The van der Waals surface area contributed by atoms with Gasteiger partial charge in [-0.2, -0.15) is 0 Å². The fraction of sp³-hybridized carbons (Fsp3) is 0.600. The molecule has 0 N–H and O–H groups in total. The molecule has 3 heterocycles. The second-order valence-electron chi connectivity index (χ2n) is 9.49. The van der Waals surface area contributed by atoms with Crippen molar-refractivity contribution in [2.75, 3.05) is 0 Å². The third-order valence-corrected chi connectivity index (χ3v) is 10.0. The lowest BCUT2D eigenvalue weighted by Gasteiger charge is -2.02. The summed E-state index contributed by atoms with van der Waals surface area (Å²) < 4.78 is 0. The van der Waals surface area contributed by atoms with Crippen LogP contribution in [0.15, 0.2) is 29.0 Å². The maximum atomic E-state index is 2.55. The molecule has 3 rings (SSSR count). The van der Waals surface area contributed by atoms with Gasteiger partial charge in [0.25, 0.3) is 0 Å². The summed E-state index contributed by atoms with van der Waals surface area (Å²) >= 11 is 5.98. The van der Waals surface area contributed by atoms with Crippen molar-refractivity contribution in [3.8, 4) is 19.5 Å². The van der Waals surface area contributed by atoms with Crippen molar-refractivity contribution in [1.82, 2.24) is 0 Å². The van der Waals surface area contributed by atoms with Crippen LogP contribution in [0, 0.1) is 0 Å². The van der Waals surface area contributed by atoms with Gasteiger partial charge in [-0.25, -0.2) is 0 Å². The molecule has 0 nitrogen and oxygen atoms in total. The normalized spacial score (nSPS) is 11.5. The van der Waals surface area contributed by atoms with Gasteiger partial charge in [0.1, 0.15) is 0 Å². The highest BCUT2D eigenvalue weighted by atomic mass is 32.1. The van der Waals surface area contributed by atoms with Gasteiger partial charge >= 0.3 is 0 Å². The highest BCUT2D eigenvalue weighted by Gasteiger charge is 2.17. The lowest BCUT2D eigenvalue weighted by Crippen LogP contribution is -1.86. The summed E-state index contributed by atoms with van der Waals surface area (Å²) in [6, 6.07) is 7.43. The first-order valence-corrected chi connectivity index (χ1v) is 16.1. The molecule has 3 aromatic heterocycles. The summed E-state index contributed by atoms with van der Waals surface area (Å²) in [5.41, 5.74) is 4.71. The molecule has 3 heteroatoms. The molecule has 0 unspecified atom stereocenters. The third kappa shape index (κ3) is 8.37. The molecule has 0 aliphatic rings. The quantitative estimate of drug-likeness (QED) is 0.162. The molecule has 0 bridgehead atoms. The smallest absolute Gasteiger partial charge is 0.0481 e. The van der Waals surface area contributed by atoms with Crippen LogP contribution >= 0.6 is 34.0 Å². The molecule has 0 atom stereocenters. The van der Waals surface area contributed by atoms with Gasteiger partial charge in [0, 0.05) is 19.5 Å². The van der Waals surface area contributed by atoms with Crippen molar-refractivity contribution in [2.24, 2.45) is 0 Å². The van der Waals surface area contributed by atoms with E-state index in [1.165, 1.54) is 111 Å². The largest absolute Gasteiger partial charge is 0.143 e. The Hall–Kier alpha value is -0.900. The molecule has 182 valence electrons. The van der Waals surface area contributed by atoms with Crippen LogP contribution in [0.2, 0.25) is 0 Å². The Balaban J connectivity index is 1.77. The fourth-order valence-corrected chi connectivity index (χ4v) is 7.97. The van der Waals surface area contributed by atoms with Crippen molar-refractivity contribution in [3.63, 3.8) is 0 Å². The van der Waals surface area contributed by atoms with Crippen molar-refractivity contribution < 1.29 is 0 Å². The number of aryl methyl sites for hydroxylation is 3. The van der Waals surface area contributed by atoms with Gasteiger partial charge in [-0.15, -0.1) is 34.0 Å². The topological polar surface area (TPSA) is 0 Å². The fourth-order valence-electron chi connectivity index (χ4n) is 4.55. The molecule has 0 radical (unpaired) electrons. The zero-order chi connectivity index (χ0) is 23.3. The molecule has 0 spiro atoms. The molecule has 3 aromatic rings. The van der Waals surface area contributed by atoms with Crippen LogP contribution in [0.4, 0.5) is 0 Å². The van der Waals surface area contributed by atoms with E-state index in [9.17, 15) is 0 Å². The molecular weight excluding hydrogens is 457 g/mol. The van der Waals surface area contributed by atoms with Crippen molar-refractivity contribution >= 4 is 34.0 Å². The van der Waals surface area contributed by atoms with E-state index in [1.54, 1.807) is 21.6 Å². The second kappa shape index (κ2) is 15.2. The number of hydrogen-bond donors (Lipinski definition) is 0. The number of thiophene rings is 3. The lowest BCUT2D eigenvalue weighted by molar-refractivity contribution is 0.667. The van der Waals surface area contributed by atoms with Crippen molar-refractivity contribution in [2.45, 2.75) is 117 Å². The minimum absolute atomic E-state index is 1.23. The van der Waals surface area contributed by atoms with Gasteiger partial charge in [-0.1, -0.05) is 78.6 Å². The van der Waals surface area contributed by atoms with E-state index in [4.69, 9.17) is 0 Å². The number of rotatable bonds is 17. The zero-order valence-corrected chi connectivity index (χ0v) is 23.7. The van der Waals surface area contributed by atoms with Gasteiger partial charge in [0.2, 0.25) is 0 Å². The molecule has 0 saturated heterocycles. The number of hydrogen-bond acceptors (Lipinski definition) is 3. The highest BCUT2D eigenvalue weighted by molar-refractivity contribution is 7.26. The lowest BCUT2D eigenvalue weighted by atomic mass is 10.0.